The van der Waals surface area contributed by atoms with Crippen LogP contribution in [-0.2, 0) is 9.53 Å². The van der Waals surface area contributed by atoms with Gasteiger partial charge in [-0.15, -0.1) is 0 Å². The minimum atomic E-state index is -0.471. The Morgan fingerprint density at radius 3 is 2.76 bits per heavy atom. The quantitative estimate of drug-likeness (QED) is 0.153. The molecule has 8 nitrogen and oxygen atoms in total. The third kappa shape index (κ3) is 9.69. The lowest BCUT2D eigenvalue weighted by atomic mass is 10.1. The van der Waals surface area contributed by atoms with Crippen molar-refractivity contribution in [1.82, 2.24) is 10.2 Å². The zero-order chi connectivity index (χ0) is 21.8. The van der Waals surface area contributed by atoms with E-state index in [0.29, 0.717) is 5.02 Å². The molecule has 0 saturated heterocycles. The second-order valence-electron chi connectivity index (χ2n) is 6.55. The van der Waals surface area contributed by atoms with Gasteiger partial charge in [0.2, 0.25) is 0 Å². The number of nitrogens with one attached hydrogen (secondary N) is 1. The minimum absolute atomic E-state index is 0.0122. The molecule has 1 N–H and O–H groups in total. The monoisotopic (exact) mass is 485 g/mol. The predicted octanol–water partition coefficient (Wildman–Crippen LogP) is 5.59. The minimum Gasteiger partial charge on any atom is -0.465 e. The number of ether oxygens (including phenoxy) is 1. The molecular weight excluding hydrogens is 462 g/mol. The van der Waals surface area contributed by atoms with Crippen LogP contribution in [0, 0.1) is 5.92 Å². The summed E-state index contributed by atoms with van der Waals surface area (Å²) in [4.78, 5) is 28.6. The first-order valence-electron chi connectivity index (χ1n) is 9.11. The third-order valence-electron chi connectivity index (χ3n) is 3.77. The van der Waals surface area contributed by atoms with Gasteiger partial charge in [-0.25, -0.2) is 4.79 Å². The van der Waals surface area contributed by atoms with E-state index in [-0.39, 0.29) is 44.1 Å². The molecule has 0 fully saturated rings. The number of carbonyl (C=O) groups is 2. The molecule has 1 rings (SSSR count). The van der Waals surface area contributed by atoms with Crippen molar-refractivity contribution in [3.8, 4) is 0 Å². The molecule has 0 aliphatic heterocycles. The molecule has 29 heavy (non-hydrogen) atoms. The number of allylic oxidation sites excluding steroid dienone is 1. The Morgan fingerprint density at radius 2 is 2.14 bits per heavy atom. The van der Waals surface area contributed by atoms with Gasteiger partial charge in [0.1, 0.15) is 0 Å². The van der Waals surface area contributed by atoms with Crippen molar-refractivity contribution in [1.29, 1.82) is 0 Å². The summed E-state index contributed by atoms with van der Waals surface area (Å²) in [6.45, 7) is 6.08. The number of carbonyl (C=O) groups excluding carboxylic acids is 2. The van der Waals surface area contributed by atoms with Crippen molar-refractivity contribution < 1.29 is 14.3 Å². The van der Waals surface area contributed by atoms with E-state index in [1.54, 1.807) is 12.3 Å². The number of amides is 2. The van der Waals surface area contributed by atoms with E-state index < -0.39 is 5.97 Å². The average molecular weight is 487 g/mol. The van der Waals surface area contributed by atoms with Gasteiger partial charge in [0, 0.05) is 22.1 Å². The Balaban J connectivity index is 2.71. The van der Waals surface area contributed by atoms with Gasteiger partial charge >= 0.3 is 12.0 Å². The molecule has 0 unspecified atom stereocenters. The van der Waals surface area contributed by atoms with Gasteiger partial charge in [0.15, 0.2) is 0 Å². The van der Waals surface area contributed by atoms with Crippen molar-refractivity contribution in [2.75, 3.05) is 19.7 Å². The number of rotatable bonds is 10. The first-order valence-corrected chi connectivity index (χ1v) is 10.3. The number of hydrogen-bond acceptors (Lipinski definition) is 4. The van der Waals surface area contributed by atoms with Crippen LogP contribution in [0.2, 0.25) is 5.02 Å². The van der Waals surface area contributed by atoms with Crippen molar-refractivity contribution in [3.63, 3.8) is 0 Å². The Labute approximate surface area is 184 Å². The van der Waals surface area contributed by atoms with Crippen LogP contribution in [0.4, 0.5) is 4.79 Å². The molecule has 2 amide bonds. The van der Waals surface area contributed by atoms with Crippen LogP contribution < -0.4 is 5.32 Å². The molecule has 0 heterocycles. The Kier molecular flexibility index (Phi) is 11.2. The first-order chi connectivity index (χ1) is 13.7. The summed E-state index contributed by atoms with van der Waals surface area (Å²) in [5.41, 5.74) is 9.06. The Morgan fingerprint density at radius 1 is 1.41 bits per heavy atom. The van der Waals surface area contributed by atoms with E-state index in [9.17, 15) is 9.59 Å². The van der Waals surface area contributed by atoms with Crippen LogP contribution in [0.15, 0.2) is 40.1 Å². The van der Waals surface area contributed by atoms with Gasteiger partial charge in [-0.3, -0.25) is 4.79 Å². The molecule has 0 aliphatic carbocycles. The fourth-order valence-electron chi connectivity index (χ4n) is 2.18. The second-order valence-corrected chi connectivity index (χ2v) is 7.81. The van der Waals surface area contributed by atoms with Crippen LogP contribution in [0.3, 0.4) is 0 Å². The number of urea groups is 1. The smallest absolute Gasteiger partial charge is 0.321 e. The predicted molar refractivity (Wildman–Crippen MR) is 116 cm³/mol. The zero-order valence-electron chi connectivity index (χ0n) is 16.6. The number of benzene rings is 1. The summed E-state index contributed by atoms with van der Waals surface area (Å²) < 4.78 is 5.75. The molecule has 0 aliphatic rings. The number of azide groups is 1. The van der Waals surface area contributed by atoms with Gasteiger partial charge in [-0.05, 0) is 52.0 Å². The van der Waals surface area contributed by atoms with Gasteiger partial charge in [0.05, 0.1) is 30.6 Å². The fourth-order valence-corrected chi connectivity index (χ4v) is 2.62. The van der Waals surface area contributed by atoms with Gasteiger partial charge in [-0.1, -0.05) is 42.7 Å². The van der Waals surface area contributed by atoms with E-state index in [4.69, 9.17) is 21.9 Å². The summed E-state index contributed by atoms with van der Waals surface area (Å²) in [6.07, 6.45) is 3.55. The highest BCUT2D eigenvalue weighted by atomic mass is 79.9. The third-order valence-corrected chi connectivity index (χ3v) is 5.00. The highest BCUT2D eigenvalue weighted by Gasteiger charge is 2.17. The Hall–Kier alpha value is -2.22. The SMILES string of the molecule is CC(C)/C=C/N(CCC(=O)OCCN=[N+]=[N-])C(=O)N[C@@H](C)c1ccc(Br)c(Cl)c1. The molecule has 0 saturated carbocycles. The number of hydrogen-bond donors (Lipinski definition) is 1. The lowest BCUT2D eigenvalue weighted by Gasteiger charge is -2.23. The maximum absolute atomic E-state index is 12.7. The topological polar surface area (TPSA) is 107 Å². The average Bonchev–Trinajstić information content (AvgIpc) is 2.67. The van der Waals surface area contributed by atoms with Crippen LogP contribution >= 0.6 is 27.5 Å². The van der Waals surface area contributed by atoms with Crippen LogP contribution in [0.5, 0.6) is 0 Å². The van der Waals surface area contributed by atoms with Gasteiger partial charge in [0.25, 0.3) is 0 Å². The first kappa shape index (κ1) is 24.8. The molecular formula is C19H25BrClN5O3. The largest absolute Gasteiger partial charge is 0.465 e. The maximum Gasteiger partial charge on any atom is 0.321 e. The van der Waals surface area contributed by atoms with Crippen LogP contribution in [0.1, 0.15) is 38.8 Å². The van der Waals surface area contributed by atoms with Crippen molar-refractivity contribution in [2.45, 2.75) is 33.2 Å². The number of nitrogens with zero attached hydrogens (tertiary/aromatic N) is 4. The second kappa shape index (κ2) is 13.1. The summed E-state index contributed by atoms with van der Waals surface area (Å²) >= 11 is 9.47. The van der Waals surface area contributed by atoms with Gasteiger partial charge in [-0.2, -0.15) is 0 Å². The molecule has 0 bridgehead atoms. The summed E-state index contributed by atoms with van der Waals surface area (Å²) in [5.74, 6) is -0.231. The van der Waals surface area contributed by atoms with Crippen LogP contribution in [-0.4, -0.2) is 36.6 Å². The highest BCUT2D eigenvalue weighted by molar-refractivity contribution is 9.10. The molecule has 0 spiro atoms. The van der Waals surface area contributed by atoms with E-state index in [2.05, 4.69) is 31.3 Å². The van der Waals surface area contributed by atoms with E-state index >= 15 is 0 Å². The van der Waals surface area contributed by atoms with Gasteiger partial charge < -0.3 is 15.0 Å². The molecule has 0 radical (unpaired) electrons. The van der Waals surface area contributed by atoms with Crippen molar-refractivity contribution in [2.24, 2.45) is 11.0 Å². The molecule has 10 heteroatoms. The lowest BCUT2D eigenvalue weighted by molar-refractivity contribution is -0.143. The van der Waals surface area contributed by atoms with Crippen molar-refractivity contribution in [3.05, 3.63) is 56.0 Å². The Bertz CT molecular complexity index is 781. The van der Waals surface area contributed by atoms with E-state index in [1.807, 2.05) is 39.0 Å². The molecule has 158 valence electrons. The molecule has 1 aromatic carbocycles. The molecule has 1 aromatic rings. The normalized spacial score (nSPS) is 11.8. The van der Waals surface area contributed by atoms with Crippen molar-refractivity contribution >= 4 is 39.5 Å². The lowest BCUT2D eigenvalue weighted by Crippen LogP contribution is -2.39. The molecule has 1 atom stereocenters. The van der Waals surface area contributed by atoms with E-state index in [1.165, 1.54) is 4.90 Å². The number of esters is 1. The summed E-state index contributed by atoms with van der Waals surface area (Å²) in [6, 6.07) is 4.86. The van der Waals surface area contributed by atoms with Crippen LogP contribution in [0.25, 0.3) is 10.4 Å². The number of halogens is 2. The molecule has 0 aromatic heterocycles. The van der Waals surface area contributed by atoms with E-state index in [0.717, 1.165) is 10.0 Å². The summed E-state index contributed by atoms with van der Waals surface area (Å²) in [5, 5.41) is 6.76. The highest BCUT2D eigenvalue weighted by Crippen LogP contribution is 2.26. The fraction of sp³-hybridized carbons (Fsp3) is 0.474. The maximum atomic E-state index is 12.7. The zero-order valence-corrected chi connectivity index (χ0v) is 19.0. The summed E-state index contributed by atoms with van der Waals surface area (Å²) in [7, 11) is 0. The standard InChI is InChI=1S/C19H25BrClN5O3/c1-13(2)6-9-26(10-7-18(27)29-11-8-23-25-22)19(28)24-14(3)15-4-5-16(20)17(21)12-15/h4-6,9,12-14H,7-8,10-11H2,1-3H3,(H,24,28)/b9-6+/t14-/m0/s1.